The molecular formula is C17H21NO2. The molecule has 2 aromatic carbocycles. The Morgan fingerprint density at radius 2 is 1.75 bits per heavy atom. The minimum Gasteiger partial charge on any atom is -0.497 e. The lowest BCUT2D eigenvalue weighted by Crippen LogP contribution is -2.10. The van der Waals surface area contributed by atoms with Crippen molar-refractivity contribution >= 4 is 0 Å². The summed E-state index contributed by atoms with van der Waals surface area (Å²) in [6.45, 7) is 0.625. The monoisotopic (exact) mass is 271 g/mol. The predicted octanol–water partition coefficient (Wildman–Crippen LogP) is 3.18. The van der Waals surface area contributed by atoms with Crippen LogP contribution in [0.3, 0.4) is 0 Å². The summed E-state index contributed by atoms with van der Waals surface area (Å²) in [5, 5.41) is 0. The molecule has 2 aromatic rings. The third-order valence-corrected chi connectivity index (χ3v) is 3.47. The van der Waals surface area contributed by atoms with E-state index in [-0.39, 0.29) is 5.92 Å². The van der Waals surface area contributed by atoms with Gasteiger partial charge in [0.15, 0.2) is 0 Å². The van der Waals surface area contributed by atoms with Crippen LogP contribution in [0, 0.1) is 0 Å². The lowest BCUT2D eigenvalue weighted by Gasteiger charge is -2.20. The van der Waals surface area contributed by atoms with Gasteiger partial charge in [-0.1, -0.05) is 30.3 Å². The zero-order valence-electron chi connectivity index (χ0n) is 12.0. The maximum Gasteiger partial charge on any atom is 0.122 e. The molecule has 0 saturated heterocycles. The number of rotatable bonds is 6. The van der Waals surface area contributed by atoms with Gasteiger partial charge in [-0.25, -0.2) is 0 Å². The fourth-order valence-electron chi connectivity index (χ4n) is 2.47. The van der Waals surface area contributed by atoms with Gasteiger partial charge in [0.2, 0.25) is 0 Å². The Labute approximate surface area is 120 Å². The van der Waals surface area contributed by atoms with Gasteiger partial charge in [-0.3, -0.25) is 0 Å². The normalized spacial score (nSPS) is 11.9. The average molecular weight is 271 g/mol. The minimum atomic E-state index is 0.214. The van der Waals surface area contributed by atoms with Crippen molar-refractivity contribution in [3.63, 3.8) is 0 Å². The third-order valence-electron chi connectivity index (χ3n) is 3.47. The molecule has 3 nitrogen and oxygen atoms in total. The molecule has 3 heteroatoms. The van der Waals surface area contributed by atoms with Gasteiger partial charge in [-0.15, -0.1) is 0 Å². The van der Waals surface area contributed by atoms with Crippen LogP contribution in [0.4, 0.5) is 0 Å². The van der Waals surface area contributed by atoms with E-state index in [9.17, 15) is 0 Å². The minimum absolute atomic E-state index is 0.214. The topological polar surface area (TPSA) is 44.5 Å². The number of hydrogen-bond donors (Lipinski definition) is 1. The molecule has 0 radical (unpaired) electrons. The van der Waals surface area contributed by atoms with E-state index < -0.39 is 0 Å². The van der Waals surface area contributed by atoms with Gasteiger partial charge >= 0.3 is 0 Å². The Morgan fingerprint density at radius 3 is 2.35 bits per heavy atom. The Hall–Kier alpha value is -2.00. The van der Waals surface area contributed by atoms with Gasteiger partial charge in [-0.2, -0.15) is 0 Å². The zero-order valence-corrected chi connectivity index (χ0v) is 12.0. The molecule has 106 valence electrons. The van der Waals surface area contributed by atoms with Crippen LogP contribution in [-0.4, -0.2) is 20.8 Å². The van der Waals surface area contributed by atoms with Crippen LogP contribution in [0.5, 0.6) is 11.5 Å². The molecule has 1 unspecified atom stereocenters. The maximum absolute atomic E-state index is 5.79. The van der Waals surface area contributed by atoms with Crippen LogP contribution in [0.2, 0.25) is 0 Å². The largest absolute Gasteiger partial charge is 0.497 e. The lowest BCUT2D eigenvalue weighted by molar-refractivity contribution is 0.396. The van der Waals surface area contributed by atoms with Crippen molar-refractivity contribution in [3.8, 4) is 11.5 Å². The quantitative estimate of drug-likeness (QED) is 0.877. The highest BCUT2D eigenvalue weighted by Gasteiger charge is 2.18. The lowest BCUT2D eigenvalue weighted by atomic mass is 9.88. The summed E-state index contributed by atoms with van der Waals surface area (Å²) in [4.78, 5) is 0. The van der Waals surface area contributed by atoms with E-state index in [1.165, 1.54) is 5.56 Å². The summed E-state index contributed by atoms with van der Waals surface area (Å²) in [6.07, 6.45) is 0.869. The van der Waals surface area contributed by atoms with Crippen molar-refractivity contribution < 1.29 is 9.47 Å². The summed E-state index contributed by atoms with van der Waals surface area (Å²) in [5.41, 5.74) is 8.15. The van der Waals surface area contributed by atoms with Crippen LogP contribution >= 0.6 is 0 Å². The molecule has 0 heterocycles. The zero-order chi connectivity index (χ0) is 14.4. The maximum atomic E-state index is 5.79. The molecule has 0 fully saturated rings. The Bertz CT molecular complexity index is 540. The van der Waals surface area contributed by atoms with E-state index in [1.807, 2.05) is 36.4 Å². The summed E-state index contributed by atoms with van der Waals surface area (Å²) >= 11 is 0. The first-order valence-electron chi connectivity index (χ1n) is 6.77. The van der Waals surface area contributed by atoms with E-state index in [4.69, 9.17) is 15.2 Å². The SMILES string of the molecule is COc1ccc(OC)c(C(CCN)c2ccccc2)c1. The number of ether oxygens (including phenoxy) is 2. The van der Waals surface area contributed by atoms with E-state index in [1.54, 1.807) is 14.2 Å². The summed E-state index contributed by atoms with van der Waals surface area (Å²) in [7, 11) is 3.36. The first kappa shape index (κ1) is 14.4. The van der Waals surface area contributed by atoms with Crippen molar-refractivity contribution in [1.29, 1.82) is 0 Å². The molecule has 0 bridgehead atoms. The van der Waals surface area contributed by atoms with Gasteiger partial charge in [0.25, 0.3) is 0 Å². The van der Waals surface area contributed by atoms with Crippen molar-refractivity contribution in [1.82, 2.24) is 0 Å². The second-order valence-corrected chi connectivity index (χ2v) is 4.65. The van der Waals surface area contributed by atoms with E-state index in [0.29, 0.717) is 6.54 Å². The second kappa shape index (κ2) is 6.96. The van der Waals surface area contributed by atoms with Crippen molar-refractivity contribution in [2.45, 2.75) is 12.3 Å². The smallest absolute Gasteiger partial charge is 0.122 e. The van der Waals surface area contributed by atoms with Crippen LogP contribution in [0.1, 0.15) is 23.5 Å². The van der Waals surface area contributed by atoms with Gasteiger partial charge in [0.1, 0.15) is 11.5 Å². The van der Waals surface area contributed by atoms with Crippen LogP contribution in [0.25, 0.3) is 0 Å². The molecule has 1 atom stereocenters. The first-order chi connectivity index (χ1) is 9.80. The number of hydrogen-bond acceptors (Lipinski definition) is 3. The van der Waals surface area contributed by atoms with Crippen molar-refractivity contribution in [3.05, 3.63) is 59.7 Å². The molecule has 2 N–H and O–H groups in total. The number of methoxy groups -OCH3 is 2. The van der Waals surface area contributed by atoms with Crippen LogP contribution in [0.15, 0.2) is 48.5 Å². The molecule has 0 aliphatic rings. The highest BCUT2D eigenvalue weighted by atomic mass is 16.5. The summed E-state index contributed by atoms with van der Waals surface area (Å²) < 4.78 is 10.8. The fraction of sp³-hybridized carbons (Fsp3) is 0.294. The van der Waals surface area contributed by atoms with Gasteiger partial charge in [0.05, 0.1) is 14.2 Å². The Kier molecular flexibility index (Phi) is 5.02. The predicted molar refractivity (Wildman–Crippen MR) is 81.5 cm³/mol. The molecule has 0 amide bonds. The summed E-state index contributed by atoms with van der Waals surface area (Å²) in [6, 6.07) is 16.3. The average Bonchev–Trinajstić information content (AvgIpc) is 2.53. The van der Waals surface area contributed by atoms with Gasteiger partial charge < -0.3 is 15.2 Å². The molecule has 0 aliphatic heterocycles. The number of nitrogens with two attached hydrogens (primary N) is 1. The van der Waals surface area contributed by atoms with Crippen LogP contribution in [-0.2, 0) is 0 Å². The highest BCUT2D eigenvalue weighted by molar-refractivity contribution is 5.46. The third kappa shape index (κ3) is 3.11. The van der Waals surface area contributed by atoms with E-state index in [2.05, 4.69) is 12.1 Å². The molecule has 0 spiro atoms. The number of benzene rings is 2. The summed E-state index contributed by atoms with van der Waals surface area (Å²) in [5.74, 6) is 1.91. The fourth-order valence-corrected chi connectivity index (χ4v) is 2.47. The molecule has 2 rings (SSSR count). The molecule has 0 aliphatic carbocycles. The molecule has 0 aromatic heterocycles. The second-order valence-electron chi connectivity index (χ2n) is 4.65. The van der Waals surface area contributed by atoms with E-state index in [0.717, 1.165) is 23.5 Å². The van der Waals surface area contributed by atoms with Gasteiger partial charge in [-0.05, 0) is 36.7 Å². The van der Waals surface area contributed by atoms with Crippen LogP contribution < -0.4 is 15.2 Å². The van der Waals surface area contributed by atoms with Crippen molar-refractivity contribution in [2.75, 3.05) is 20.8 Å². The Balaban J connectivity index is 2.48. The highest BCUT2D eigenvalue weighted by Crippen LogP contribution is 2.36. The van der Waals surface area contributed by atoms with Gasteiger partial charge in [0, 0.05) is 11.5 Å². The molecule has 0 saturated carbocycles. The standard InChI is InChI=1S/C17H21NO2/c1-19-14-8-9-17(20-2)16(12-14)15(10-11-18)13-6-4-3-5-7-13/h3-9,12,15H,10-11,18H2,1-2H3. The first-order valence-corrected chi connectivity index (χ1v) is 6.77. The van der Waals surface area contributed by atoms with Crippen molar-refractivity contribution in [2.24, 2.45) is 5.73 Å². The molecular weight excluding hydrogens is 250 g/mol. The van der Waals surface area contributed by atoms with E-state index >= 15 is 0 Å². The molecule has 20 heavy (non-hydrogen) atoms. The Morgan fingerprint density at radius 1 is 1.00 bits per heavy atom.